The van der Waals surface area contributed by atoms with E-state index in [-0.39, 0.29) is 0 Å². The number of primary amides is 1. The van der Waals surface area contributed by atoms with Gasteiger partial charge < -0.3 is 10.7 Å². The highest BCUT2D eigenvalue weighted by molar-refractivity contribution is 5.95. The summed E-state index contributed by atoms with van der Waals surface area (Å²) in [6, 6.07) is 13.8. The highest BCUT2D eigenvalue weighted by atomic mass is 16.1. The lowest BCUT2D eigenvalue weighted by molar-refractivity contribution is 0.100. The van der Waals surface area contributed by atoms with E-state index in [1.54, 1.807) is 6.07 Å². The Morgan fingerprint density at radius 3 is 2.74 bits per heavy atom. The number of amides is 1. The van der Waals surface area contributed by atoms with E-state index in [0.29, 0.717) is 5.56 Å². The van der Waals surface area contributed by atoms with Gasteiger partial charge in [-0.1, -0.05) is 12.1 Å². The van der Waals surface area contributed by atoms with Crippen molar-refractivity contribution in [3.63, 3.8) is 0 Å². The molecule has 0 radical (unpaired) electrons. The van der Waals surface area contributed by atoms with Gasteiger partial charge in [-0.25, -0.2) is 0 Å². The van der Waals surface area contributed by atoms with E-state index in [2.05, 4.69) is 11.1 Å². The molecule has 94 valence electrons. The number of aromatic nitrogens is 1. The quantitative estimate of drug-likeness (QED) is 0.720. The summed E-state index contributed by atoms with van der Waals surface area (Å²) in [5.74, 6) is -0.399. The second kappa shape index (κ2) is 4.28. The molecule has 0 atom stereocenters. The van der Waals surface area contributed by atoms with Crippen LogP contribution in [0.3, 0.4) is 0 Å². The predicted molar refractivity (Wildman–Crippen MR) is 77.0 cm³/mol. The van der Waals surface area contributed by atoms with E-state index in [9.17, 15) is 4.79 Å². The van der Waals surface area contributed by atoms with Crippen LogP contribution in [0.4, 0.5) is 0 Å². The number of hydrogen-bond donors (Lipinski definition) is 2. The maximum absolute atomic E-state index is 11.3. The molecule has 0 bridgehead atoms. The van der Waals surface area contributed by atoms with Crippen molar-refractivity contribution in [2.45, 2.75) is 6.92 Å². The maximum Gasteiger partial charge on any atom is 0.248 e. The second-order valence-electron chi connectivity index (χ2n) is 4.67. The normalized spacial score (nSPS) is 10.8. The average molecular weight is 250 g/mol. The first-order valence-electron chi connectivity index (χ1n) is 6.13. The fourth-order valence-electron chi connectivity index (χ4n) is 2.31. The third-order valence-corrected chi connectivity index (χ3v) is 3.39. The van der Waals surface area contributed by atoms with Crippen molar-refractivity contribution in [1.82, 2.24) is 4.98 Å². The summed E-state index contributed by atoms with van der Waals surface area (Å²) in [4.78, 5) is 14.5. The molecule has 0 aliphatic heterocycles. The van der Waals surface area contributed by atoms with Crippen molar-refractivity contribution in [2.24, 2.45) is 5.73 Å². The monoisotopic (exact) mass is 250 g/mol. The molecule has 2 aromatic carbocycles. The van der Waals surface area contributed by atoms with E-state index in [1.807, 2.05) is 43.5 Å². The minimum atomic E-state index is -0.399. The van der Waals surface area contributed by atoms with Gasteiger partial charge in [0.15, 0.2) is 0 Å². The number of aromatic amines is 1. The van der Waals surface area contributed by atoms with Crippen LogP contribution in [0.25, 0.3) is 22.0 Å². The van der Waals surface area contributed by atoms with Crippen LogP contribution in [0.1, 0.15) is 15.9 Å². The van der Waals surface area contributed by atoms with Crippen LogP contribution in [0, 0.1) is 6.92 Å². The molecule has 3 aromatic rings. The van der Waals surface area contributed by atoms with Gasteiger partial charge in [0.05, 0.1) is 0 Å². The van der Waals surface area contributed by atoms with Crippen molar-refractivity contribution in [1.29, 1.82) is 0 Å². The molecule has 0 aliphatic rings. The Kier molecular flexibility index (Phi) is 2.60. The molecule has 1 heterocycles. The van der Waals surface area contributed by atoms with Crippen LogP contribution < -0.4 is 5.73 Å². The summed E-state index contributed by atoms with van der Waals surface area (Å²) in [7, 11) is 0. The molecule has 3 nitrogen and oxygen atoms in total. The fraction of sp³-hybridized carbons (Fsp3) is 0.0625. The van der Waals surface area contributed by atoms with Crippen molar-refractivity contribution >= 4 is 16.8 Å². The van der Waals surface area contributed by atoms with Crippen molar-refractivity contribution in [2.75, 3.05) is 0 Å². The van der Waals surface area contributed by atoms with Gasteiger partial charge in [0.25, 0.3) is 0 Å². The van der Waals surface area contributed by atoms with Gasteiger partial charge in [-0.05, 0) is 59.3 Å². The number of benzene rings is 2. The zero-order valence-electron chi connectivity index (χ0n) is 10.6. The van der Waals surface area contributed by atoms with Crippen LogP contribution in [0.5, 0.6) is 0 Å². The molecule has 3 N–H and O–H groups in total. The topological polar surface area (TPSA) is 58.9 Å². The van der Waals surface area contributed by atoms with E-state index in [0.717, 1.165) is 27.6 Å². The maximum atomic E-state index is 11.3. The summed E-state index contributed by atoms with van der Waals surface area (Å²) in [5.41, 5.74) is 10.2. The summed E-state index contributed by atoms with van der Waals surface area (Å²) in [5, 5.41) is 1.15. The minimum absolute atomic E-state index is 0.399. The van der Waals surface area contributed by atoms with E-state index >= 15 is 0 Å². The van der Waals surface area contributed by atoms with Gasteiger partial charge in [-0.15, -0.1) is 0 Å². The number of carbonyl (C=O) groups excluding carboxylic acids is 1. The lowest BCUT2D eigenvalue weighted by atomic mass is 9.97. The second-order valence-corrected chi connectivity index (χ2v) is 4.67. The Morgan fingerprint density at radius 2 is 1.95 bits per heavy atom. The SMILES string of the molecule is Cc1ccc(C(N)=O)cc1-c1ccc2[nH]ccc2c1. The Balaban J connectivity index is 2.19. The molecular formula is C16H14N2O. The third kappa shape index (κ3) is 1.99. The number of hydrogen-bond acceptors (Lipinski definition) is 1. The van der Waals surface area contributed by atoms with Crippen molar-refractivity contribution < 1.29 is 4.79 Å². The number of carbonyl (C=O) groups is 1. The summed E-state index contributed by atoms with van der Waals surface area (Å²) < 4.78 is 0. The van der Waals surface area contributed by atoms with Gasteiger partial charge in [0.2, 0.25) is 5.91 Å². The van der Waals surface area contributed by atoms with E-state index in [4.69, 9.17) is 5.73 Å². The van der Waals surface area contributed by atoms with E-state index < -0.39 is 5.91 Å². The molecule has 0 saturated heterocycles. The van der Waals surface area contributed by atoms with Gasteiger partial charge in [-0.3, -0.25) is 4.79 Å². The lowest BCUT2D eigenvalue weighted by Crippen LogP contribution is -2.10. The van der Waals surface area contributed by atoms with Crippen LogP contribution in [0.15, 0.2) is 48.7 Å². The Labute approximate surface area is 111 Å². The molecular weight excluding hydrogens is 236 g/mol. The van der Waals surface area contributed by atoms with E-state index in [1.165, 1.54) is 0 Å². The number of fused-ring (bicyclic) bond motifs is 1. The molecule has 3 rings (SSSR count). The molecule has 1 aromatic heterocycles. The van der Waals surface area contributed by atoms with Crippen LogP contribution in [0.2, 0.25) is 0 Å². The van der Waals surface area contributed by atoms with Gasteiger partial charge in [-0.2, -0.15) is 0 Å². The fourth-order valence-corrected chi connectivity index (χ4v) is 2.31. The van der Waals surface area contributed by atoms with Crippen LogP contribution in [-0.2, 0) is 0 Å². The first-order chi connectivity index (χ1) is 9.15. The molecule has 0 fully saturated rings. The molecule has 19 heavy (non-hydrogen) atoms. The first-order valence-corrected chi connectivity index (χ1v) is 6.13. The number of nitrogens with two attached hydrogens (primary N) is 1. The molecule has 0 spiro atoms. The van der Waals surface area contributed by atoms with Crippen molar-refractivity contribution in [3.05, 3.63) is 59.8 Å². The largest absolute Gasteiger partial charge is 0.366 e. The summed E-state index contributed by atoms with van der Waals surface area (Å²) in [6.07, 6.45) is 1.92. The smallest absolute Gasteiger partial charge is 0.248 e. The van der Waals surface area contributed by atoms with Crippen LogP contribution in [-0.4, -0.2) is 10.9 Å². The third-order valence-electron chi connectivity index (χ3n) is 3.39. The Bertz CT molecular complexity index is 771. The highest BCUT2D eigenvalue weighted by Gasteiger charge is 2.07. The standard InChI is InChI=1S/C16H14N2O/c1-10-2-3-13(16(17)19)9-14(10)11-4-5-15-12(8-11)6-7-18-15/h2-9,18H,1H3,(H2,17,19). The minimum Gasteiger partial charge on any atom is -0.366 e. The Morgan fingerprint density at radius 1 is 1.11 bits per heavy atom. The molecule has 0 unspecified atom stereocenters. The van der Waals surface area contributed by atoms with Crippen molar-refractivity contribution in [3.8, 4) is 11.1 Å². The number of aryl methyl sites for hydroxylation is 1. The van der Waals surface area contributed by atoms with Gasteiger partial charge >= 0.3 is 0 Å². The summed E-state index contributed by atoms with van der Waals surface area (Å²) in [6.45, 7) is 2.03. The molecule has 1 amide bonds. The van der Waals surface area contributed by atoms with Gasteiger partial charge in [0.1, 0.15) is 0 Å². The lowest BCUT2D eigenvalue weighted by Gasteiger charge is -2.08. The zero-order chi connectivity index (χ0) is 13.4. The predicted octanol–water partition coefficient (Wildman–Crippen LogP) is 3.24. The zero-order valence-corrected chi connectivity index (χ0v) is 10.6. The summed E-state index contributed by atoms with van der Waals surface area (Å²) >= 11 is 0. The molecule has 0 saturated carbocycles. The number of H-pyrrole nitrogens is 1. The molecule has 0 aliphatic carbocycles. The average Bonchev–Trinajstić information content (AvgIpc) is 2.86. The van der Waals surface area contributed by atoms with Gasteiger partial charge in [0, 0.05) is 17.3 Å². The molecule has 3 heteroatoms. The number of rotatable bonds is 2. The highest BCUT2D eigenvalue weighted by Crippen LogP contribution is 2.27. The first kappa shape index (κ1) is 11.5. The Hall–Kier alpha value is -2.55. The van der Waals surface area contributed by atoms with Crippen LogP contribution >= 0.6 is 0 Å². The number of nitrogens with one attached hydrogen (secondary N) is 1.